The van der Waals surface area contributed by atoms with Crippen LogP contribution in [-0.2, 0) is 37.4 Å². The zero-order chi connectivity index (χ0) is 31.6. The van der Waals surface area contributed by atoms with Gasteiger partial charge >= 0.3 is 0 Å². The van der Waals surface area contributed by atoms with E-state index in [1.54, 1.807) is 12.1 Å². The standard InChI is InChI=1S/C34H34ClN3O6S/c35-29-13-11-26(12-14-29)23-36-34(40)33(28-9-5-2-6-10-28)38(24-27-7-3-1-4-8-27)32(39)25-44-30-15-17-31(18-16-30)45(41,42)37-19-21-43-22-20-37/h1-18,33H,19-25H2,(H,36,40)/t33-/m1/s1. The van der Waals surface area contributed by atoms with Gasteiger partial charge in [0.15, 0.2) is 6.61 Å². The van der Waals surface area contributed by atoms with E-state index in [0.717, 1.165) is 11.1 Å². The van der Waals surface area contributed by atoms with E-state index in [4.69, 9.17) is 21.1 Å². The molecule has 1 atom stereocenters. The molecule has 11 heteroatoms. The highest BCUT2D eigenvalue weighted by Gasteiger charge is 2.32. The molecule has 0 bridgehead atoms. The summed E-state index contributed by atoms with van der Waals surface area (Å²) in [5.41, 5.74) is 2.35. The van der Waals surface area contributed by atoms with Gasteiger partial charge in [-0.2, -0.15) is 4.31 Å². The maximum atomic E-state index is 13.9. The summed E-state index contributed by atoms with van der Waals surface area (Å²) in [6, 6.07) is 30.7. The number of ether oxygens (including phenoxy) is 2. The van der Waals surface area contributed by atoms with Gasteiger partial charge in [-0.3, -0.25) is 9.59 Å². The van der Waals surface area contributed by atoms with Gasteiger partial charge in [0.1, 0.15) is 11.8 Å². The molecule has 0 spiro atoms. The van der Waals surface area contributed by atoms with Crippen molar-refractivity contribution in [3.63, 3.8) is 0 Å². The van der Waals surface area contributed by atoms with E-state index in [-0.39, 0.29) is 30.5 Å². The van der Waals surface area contributed by atoms with E-state index >= 15 is 0 Å². The lowest BCUT2D eigenvalue weighted by Crippen LogP contribution is -2.45. The number of morpholine rings is 1. The minimum Gasteiger partial charge on any atom is -0.484 e. The van der Waals surface area contributed by atoms with Crippen LogP contribution in [0.4, 0.5) is 0 Å². The molecule has 9 nitrogen and oxygen atoms in total. The van der Waals surface area contributed by atoms with Crippen molar-refractivity contribution in [2.45, 2.75) is 24.0 Å². The smallest absolute Gasteiger partial charge is 0.261 e. The van der Waals surface area contributed by atoms with Crippen LogP contribution in [0.25, 0.3) is 0 Å². The highest BCUT2D eigenvalue weighted by Crippen LogP contribution is 2.25. The molecule has 0 aliphatic carbocycles. The van der Waals surface area contributed by atoms with Crippen LogP contribution < -0.4 is 10.1 Å². The average molecular weight is 648 g/mol. The van der Waals surface area contributed by atoms with Crippen molar-refractivity contribution in [1.82, 2.24) is 14.5 Å². The number of nitrogens with zero attached hydrogens (tertiary/aromatic N) is 2. The third-order valence-electron chi connectivity index (χ3n) is 7.37. The van der Waals surface area contributed by atoms with Gasteiger partial charge in [0, 0.05) is 31.2 Å². The molecule has 1 aliphatic heterocycles. The number of carbonyl (C=O) groups excluding carboxylic acids is 2. The lowest BCUT2D eigenvalue weighted by molar-refractivity contribution is -0.143. The summed E-state index contributed by atoms with van der Waals surface area (Å²) in [4.78, 5) is 29.3. The third kappa shape index (κ3) is 8.49. The van der Waals surface area contributed by atoms with Gasteiger partial charge in [-0.05, 0) is 53.1 Å². The SMILES string of the molecule is O=C(NCc1ccc(Cl)cc1)[C@@H](c1ccccc1)N(Cc1ccccc1)C(=O)COc1ccc(S(=O)(=O)N2CCOCC2)cc1. The number of rotatable bonds is 12. The Morgan fingerprint density at radius 1 is 0.844 bits per heavy atom. The molecule has 4 aromatic carbocycles. The molecule has 45 heavy (non-hydrogen) atoms. The summed E-state index contributed by atoms with van der Waals surface area (Å²) in [6.45, 7) is 1.34. The second kappa shape index (κ2) is 15.2. The Morgan fingerprint density at radius 3 is 2.11 bits per heavy atom. The molecule has 5 rings (SSSR count). The van der Waals surface area contributed by atoms with Gasteiger partial charge in [0.2, 0.25) is 15.9 Å². The van der Waals surface area contributed by atoms with Gasteiger partial charge in [-0.1, -0.05) is 84.4 Å². The lowest BCUT2D eigenvalue weighted by Gasteiger charge is -2.31. The average Bonchev–Trinajstić information content (AvgIpc) is 3.08. The molecule has 234 valence electrons. The van der Waals surface area contributed by atoms with E-state index in [1.807, 2.05) is 72.8 Å². The zero-order valence-corrected chi connectivity index (χ0v) is 26.1. The first kappa shape index (κ1) is 32.2. The van der Waals surface area contributed by atoms with Crippen LogP contribution >= 0.6 is 11.6 Å². The van der Waals surface area contributed by atoms with Crippen molar-refractivity contribution in [3.05, 3.63) is 131 Å². The second-order valence-electron chi connectivity index (χ2n) is 10.4. The van der Waals surface area contributed by atoms with Crippen LogP contribution in [0.15, 0.2) is 114 Å². The predicted molar refractivity (Wildman–Crippen MR) is 171 cm³/mol. The van der Waals surface area contributed by atoms with Crippen molar-refractivity contribution >= 4 is 33.4 Å². The topological polar surface area (TPSA) is 105 Å². The number of hydrogen-bond donors (Lipinski definition) is 1. The fraction of sp³-hybridized carbons (Fsp3) is 0.235. The fourth-order valence-corrected chi connectivity index (χ4v) is 6.51. The van der Waals surface area contributed by atoms with Gasteiger partial charge in [0.25, 0.3) is 5.91 Å². The molecule has 1 heterocycles. The Hall–Kier alpha value is -4.22. The molecule has 1 aliphatic rings. The summed E-state index contributed by atoms with van der Waals surface area (Å²) in [6.07, 6.45) is 0. The van der Waals surface area contributed by atoms with Crippen LogP contribution in [0.5, 0.6) is 5.75 Å². The Balaban J connectivity index is 1.35. The molecule has 1 N–H and O–H groups in total. The van der Waals surface area contributed by atoms with E-state index in [2.05, 4.69) is 5.32 Å². The van der Waals surface area contributed by atoms with E-state index in [9.17, 15) is 18.0 Å². The maximum Gasteiger partial charge on any atom is 0.261 e. The van der Waals surface area contributed by atoms with Crippen molar-refractivity contribution in [1.29, 1.82) is 0 Å². The summed E-state index contributed by atoms with van der Waals surface area (Å²) < 4.78 is 38.5. The monoisotopic (exact) mass is 647 g/mol. The molecule has 1 saturated heterocycles. The Labute approximate surface area is 268 Å². The van der Waals surface area contributed by atoms with Gasteiger partial charge in [-0.25, -0.2) is 8.42 Å². The summed E-state index contributed by atoms with van der Waals surface area (Å²) in [5.74, 6) is -0.440. The van der Waals surface area contributed by atoms with E-state index in [0.29, 0.717) is 42.6 Å². The summed E-state index contributed by atoms with van der Waals surface area (Å²) in [5, 5.41) is 3.57. The molecule has 0 unspecified atom stereocenters. The molecule has 2 amide bonds. The predicted octanol–water partition coefficient (Wildman–Crippen LogP) is 4.83. The zero-order valence-electron chi connectivity index (χ0n) is 24.5. The number of amides is 2. The summed E-state index contributed by atoms with van der Waals surface area (Å²) >= 11 is 6.02. The van der Waals surface area contributed by atoms with Gasteiger partial charge < -0.3 is 19.7 Å². The highest BCUT2D eigenvalue weighted by molar-refractivity contribution is 7.89. The first-order valence-electron chi connectivity index (χ1n) is 14.5. The molecule has 0 aromatic heterocycles. The van der Waals surface area contributed by atoms with Crippen molar-refractivity contribution in [2.24, 2.45) is 0 Å². The summed E-state index contributed by atoms with van der Waals surface area (Å²) in [7, 11) is -3.67. The second-order valence-corrected chi connectivity index (χ2v) is 12.8. The third-order valence-corrected chi connectivity index (χ3v) is 9.53. The number of halogens is 1. The van der Waals surface area contributed by atoms with Crippen LogP contribution in [0.1, 0.15) is 22.7 Å². The molecular formula is C34H34ClN3O6S. The molecule has 4 aromatic rings. The molecule has 1 fully saturated rings. The number of sulfonamides is 1. The van der Waals surface area contributed by atoms with E-state index < -0.39 is 22.0 Å². The van der Waals surface area contributed by atoms with Crippen molar-refractivity contribution in [3.8, 4) is 5.75 Å². The number of nitrogens with one attached hydrogen (secondary N) is 1. The van der Waals surface area contributed by atoms with Gasteiger partial charge in [-0.15, -0.1) is 0 Å². The van der Waals surface area contributed by atoms with E-state index in [1.165, 1.54) is 33.5 Å². The van der Waals surface area contributed by atoms with Gasteiger partial charge in [0.05, 0.1) is 18.1 Å². The Morgan fingerprint density at radius 2 is 1.47 bits per heavy atom. The minimum absolute atomic E-state index is 0.135. The van der Waals surface area contributed by atoms with Crippen LogP contribution in [0, 0.1) is 0 Å². The minimum atomic E-state index is -3.67. The maximum absolute atomic E-state index is 13.9. The Bertz CT molecular complexity index is 1670. The van der Waals surface area contributed by atoms with Crippen LogP contribution in [-0.4, -0.2) is 62.3 Å². The lowest BCUT2D eigenvalue weighted by atomic mass is 10.0. The van der Waals surface area contributed by atoms with Crippen molar-refractivity contribution in [2.75, 3.05) is 32.9 Å². The van der Waals surface area contributed by atoms with Crippen LogP contribution in [0.2, 0.25) is 5.02 Å². The Kier molecular flexibility index (Phi) is 10.9. The number of benzene rings is 4. The first-order valence-corrected chi connectivity index (χ1v) is 16.3. The number of carbonyl (C=O) groups is 2. The molecule has 0 saturated carbocycles. The quantitative estimate of drug-likeness (QED) is 0.236. The first-order chi connectivity index (χ1) is 21.8. The number of hydrogen-bond acceptors (Lipinski definition) is 6. The molecular weight excluding hydrogens is 614 g/mol. The van der Waals surface area contributed by atoms with Crippen molar-refractivity contribution < 1.29 is 27.5 Å². The molecule has 0 radical (unpaired) electrons. The van der Waals surface area contributed by atoms with Crippen LogP contribution in [0.3, 0.4) is 0 Å². The normalized spacial score (nSPS) is 14.3. The fourth-order valence-electron chi connectivity index (χ4n) is 4.97. The largest absolute Gasteiger partial charge is 0.484 e. The highest BCUT2D eigenvalue weighted by atomic mass is 35.5.